The number of anilines is 2. The Morgan fingerprint density at radius 3 is 2.28 bits per heavy atom. The first-order valence-corrected chi connectivity index (χ1v) is 9.62. The van der Waals surface area contributed by atoms with E-state index in [2.05, 4.69) is 0 Å². The molecule has 0 aliphatic carbocycles. The van der Waals surface area contributed by atoms with Crippen LogP contribution in [0.2, 0.25) is 0 Å². The number of alkyl halides is 3. The van der Waals surface area contributed by atoms with E-state index in [4.69, 9.17) is 5.73 Å². The van der Waals surface area contributed by atoms with Gasteiger partial charge in [-0.2, -0.15) is 13.2 Å². The molecule has 0 unspecified atom stereocenters. The summed E-state index contributed by atoms with van der Waals surface area (Å²) in [5.74, 6) is -2.19. The van der Waals surface area contributed by atoms with Gasteiger partial charge in [0.2, 0.25) is 5.91 Å². The molecule has 2 aliphatic heterocycles. The topological polar surface area (TPSA) is 118 Å². The van der Waals surface area contributed by atoms with Crippen LogP contribution in [0.15, 0.2) is 29.1 Å². The van der Waals surface area contributed by atoms with Gasteiger partial charge in [0.05, 0.1) is 22.4 Å². The molecule has 168 valence electrons. The zero-order valence-corrected chi connectivity index (χ0v) is 16.8. The number of halogens is 3. The van der Waals surface area contributed by atoms with Gasteiger partial charge < -0.3 is 15.5 Å². The van der Waals surface area contributed by atoms with Crippen LogP contribution in [0.1, 0.15) is 33.2 Å². The lowest BCUT2D eigenvalue weighted by Crippen LogP contribution is -2.48. The maximum absolute atomic E-state index is 13.9. The summed E-state index contributed by atoms with van der Waals surface area (Å²) in [5.41, 5.74) is 3.33. The van der Waals surface area contributed by atoms with Crippen LogP contribution in [-0.2, 0) is 11.0 Å². The summed E-state index contributed by atoms with van der Waals surface area (Å²) < 4.78 is 42.5. The molecule has 0 saturated carbocycles. The molecule has 0 bridgehead atoms. The van der Waals surface area contributed by atoms with E-state index in [0.717, 1.165) is 16.7 Å². The fraction of sp³-hybridized carbons (Fsp3) is 0.300. The minimum absolute atomic E-state index is 0.0925. The van der Waals surface area contributed by atoms with Crippen LogP contribution in [-0.4, -0.2) is 53.4 Å². The number of nitrogens with one attached hydrogen (secondary N) is 1. The van der Waals surface area contributed by atoms with E-state index in [1.807, 2.05) is 5.32 Å². The Labute approximate surface area is 179 Å². The molecule has 0 spiro atoms. The van der Waals surface area contributed by atoms with Crippen LogP contribution in [0.25, 0.3) is 5.69 Å². The predicted molar refractivity (Wildman–Crippen MR) is 108 cm³/mol. The summed E-state index contributed by atoms with van der Waals surface area (Å²) in [5, 5.41) is 2.00. The molecule has 9 nitrogen and oxygen atoms in total. The summed E-state index contributed by atoms with van der Waals surface area (Å²) in [6.45, 7) is 2.40. The summed E-state index contributed by atoms with van der Waals surface area (Å²) in [4.78, 5) is 50.9. The molecule has 0 radical (unpaired) electrons. The molecule has 1 fully saturated rings. The zero-order valence-electron chi connectivity index (χ0n) is 16.8. The molecule has 1 aromatic heterocycles. The van der Waals surface area contributed by atoms with Crippen LogP contribution in [0.5, 0.6) is 0 Å². The number of aromatic nitrogens is 1. The van der Waals surface area contributed by atoms with Gasteiger partial charge in [0.1, 0.15) is 5.82 Å². The summed E-state index contributed by atoms with van der Waals surface area (Å²) in [6.07, 6.45) is -4.74. The fourth-order valence-electron chi connectivity index (χ4n) is 3.97. The van der Waals surface area contributed by atoms with Crippen molar-refractivity contribution in [3.8, 4) is 5.69 Å². The third-order valence-corrected chi connectivity index (χ3v) is 5.56. The first-order valence-electron chi connectivity index (χ1n) is 9.62. The normalized spacial score (nSPS) is 16.2. The Hall–Kier alpha value is -3.83. The number of pyridine rings is 1. The number of hydrogen-bond acceptors (Lipinski definition) is 6. The van der Waals surface area contributed by atoms with Gasteiger partial charge in [0, 0.05) is 44.9 Å². The maximum Gasteiger partial charge on any atom is 0.418 e. The van der Waals surface area contributed by atoms with E-state index in [9.17, 15) is 32.3 Å². The van der Waals surface area contributed by atoms with E-state index in [1.54, 1.807) is 4.90 Å². The van der Waals surface area contributed by atoms with Gasteiger partial charge in [-0.1, -0.05) is 0 Å². The molecule has 1 saturated heterocycles. The molecule has 12 heteroatoms. The number of hydrogen-bond donors (Lipinski definition) is 2. The number of carbonyl (C=O) groups is 3. The van der Waals surface area contributed by atoms with E-state index < -0.39 is 34.9 Å². The van der Waals surface area contributed by atoms with Crippen molar-refractivity contribution in [2.75, 3.05) is 36.8 Å². The number of nitrogen functional groups attached to an aromatic ring is 1. The maximum atomic E-state index is 13.9. The van der Waals surface area contributed by atoms with Crippen molar-refractivity contribution in [3.63, 3.8) is 0 Å². The zero-order chi connectivity index (χ0) is 23.4. The minimum Gasteiger partial charge on any atom is -0.384 e. The highest BCUT2D eigenvalue weighted by molar-refractivity contribution is 6.23. The van der Waals surface area contributed by atoms with Crippen molar-refractivity contribution in [1.29, 1.82) is 0 Å². The van der Waals surface area contributed by atoms with Crippen molar-refractivity contribution >= 4 is 29.2 Å². The number of nitrogens with two attached hydrogens (primary N) is 1. The van der Waals surface area contributed by atoms with E-state index in [-0.39, 0.29) is 54.6 Å². The summed E-state index contributed by atoms with van der Waals surface area (Å²) in [6, 6.07) is 4.17. The van der Waals surface area contributed by atoms with Gasteiger partial charge >= 0.3 is 6.18 Å². The van der Waals surface area contributed by atoms with Gasteiger partial charge in [0.25, 0.3) is 17.4 Å². The van der Waals surface area contributed by atoms with Crippen molar-refractivity contribution < 1.29 is 27.6 Å². The molecule has 4 rings (SSSR count). The van der Waals surface area contributed by atoms with Crippen LogP contribution in [0, 0.1) is 0 Å². The van der Waals surface area contributed by atoms with Gasteiger partial charge in [-0.05, 0) is 18.2 Å². The molecular formula is C20H18F3N5O4. The highest BCUT2D eigenvalue weighted by Crippen LogP contribution is 2.38. The van der Waals surface area contributed by atoms with Crippen molar-refractivity contribution in [1.82, 2.24) is 14.8 Å². The predicted octanol–water partition coefficient (Wildman–Crippen LogP) is 0.991. The number of rotatable bonds is 2. The quantitative estimate of drug-likeness (QED) is 0.661. The Kier molecular flexibility index (Phi) is 4.94. The van der Waals surface area contributed by atoms with E-state index >= 15 is 0 Å². The van der Waals surface area contributed by atoms with Gasteiger partial charge in [-0.25, -0.2) is 0 Å². The van der Waals surface area contributed by atoms with Crippen molar-refractivity contribution in [2.24, 2.45) is 0 Å². The Morgan fingerprint density at radius 1 is 1.03 bits per heavy atom. The molecule has 0 atom stereocenters. The SMILES string of the molecule is CC(=O)N1CCN(c2ccc(-n3c(N)c4c(cc3=O)C(=O)NC4=O)cc2C(F)(F)F)CC1. The first-order chi connectivity index (χ1) is 15.0. The van der Waals surface area contributed by atoms with Crippen LogP contribution >= 0.6 is 0 Å². The average molecular weight is 449 g/mol. The molecule has 32 heavy (non-hydrogen) atoms. The van der Waals surface area contributed by atoms with Gasteiger partial charge in [-0.3, -0.25) is 29.1 Å². The minimum atomic E-state index is -4.74. The number of fused-ring (bicyclic) bond motifs is 1. The first kappa shape index (κ1) is 21.4. The largest absolute Gasteiger partial charge is 0.418 e. The molecule has 3 N–H and O–H groups in total. The number of benzene rings is 1. The molecule has 3 amide bonds. The number of carbonyl (C=O) groups excluding carboxylic acids is 3. The lowest BCUT2D eigenvalue weighted by atomic mass is 10.1. The number of nitrogens with zero attached hydrogens (tertiary/aromatic N) is 3. The Bertz CT molecular complexity index is 1210. The summed E-state index contributed by atoms with van der Waals surface area (Å²) >= 11 is 0. The third kappa shape index (κ3) is 3.47. The second-order valence-electron chi connectivity index (χ2n) is 7.47. The third-order valence-electron chi connectivity index (χ3n) is 5.56. The van der Waals surface area contributed by atoms with Gasteiger partial charge in [-0.15, -0.1) is 0 Å². The van der Waals surface area contributed by atoms with Crippen molar-refractivity contribution in [2.45, 2.75) is 13.1 Å². The average Bonchev–Trinajstić information content (AvgIpc) is 3.00. The highest BCUT2D eigenvalue weighted by atomic mass is 19.4. The second kappa shape index (κ2) is 7.39. The standard InChI is InChI=1S/C20H18F3N5O4/c1-10(29)26-4-6-27(7-5-26)14-3-2-11(8-13(14)20(21,22)23)28-15(30)9-12-16(17(28)24)19(32)25-18(12)31/h2-3,8-9H,4-7,24H2,1H3,(H,25,31,32). The van der Waals surface area contributed by atoms with Gasteiger partial charge in [0.15, 0.2) is 0 Å². The number of imide groups is 1. The molecule has 2 aromatic rings. The monoisotopic (exact) mass is 449 g/mol. The number of piperazine rings is 1. The smallest absolute Gasteiger partial charge is 0.384 e. The molecule has 1 aromatic carbocycles. The summed E-state index contributed by atoms with van der Waals surface area (Å²) in [7, 11) is 0. The van der Waals surface area contributed by atoms with Crippen molar-refractivity contribution in [3.05, 3.63) is 51.3 Å². The Balaban J connectivity index is 1.80. The van der Waals surface area contributed by atoms with Crippen LogP contribution in [0.3, 0.4) is 0 Å². The number of amides is 3. The lowest BCUT2D eigenvalue weighted by Gasteiger charge is -2.36. The van der Waals surface area contributed by atoms with E-state index in [1.165, 1.54) is 24.0 Å². The second-order valence-corrected chi connectivity index (χ2v) is 7.47. The van der Waals surface area contributed by atoms with Crippen LogP contribution in [0.4, 0.5) is 24.7 Å². The van der Waals surface area contributed by atoms with Crippen LogP contribution < -0.4 is 21.5 Å². The molecule has 2 aliphatic rings. The molecule has 3 heterocycles. The molecular weight excluding hydrogens is 431 g/mol. The van der Waals surface area contributed by atoms with E-state index in [0.29, 0.717) is 0 Å². The highest BCUT2D eigenvalue weighted by Gasteiger charge is 2.37. The Morgan fingerprint density at radius 2 is 1.69 bits per heavy atom. The lowest BCUT2D eigenvalue weighted by molar-refractivity contribution is -0.137. The fourth-order valence-corrected chi connectivity index (χ4v) is 3.97.